The molecule has 3 aromatic rings. The van der Waals surface area contributed by atoms with Crippen LogP contribution in [0.3, 0.4) is 0 Å². The summed E-state index contributed by atoms with van der Waals surface area (Å²) >= 11 is 6.34. The van der Waals surface area contributed by atoms with E-state index in [0.717, 1.165) is 35.2 Å². The molecule has 1 aliphatic carbocycles. The predicted molar refractivity (Wildman–Crippen MR) is 113 cm³/mol. The first-order chi connectivity index (χ1) is 14.0. The quantitative estimate of drug-likeness (QED) is 0.650. The number of hydrogen-bond donors (Lipinski definition) is 1. The van der Waals surface area contributed by atoms with Gasteiger partial charge in [0.1, 0.15) is 0 Å². The highest BCUT2D eigenvalue weighted by molar-refractivity contribution is 6.32. The van der Waals surface area contributed by atoms with Crippen LogP contribution < -0.4 is 5.73 Å². The van der Waals surface area contributed by atoms with E-state index in [2.05, 4.69) is 0 Å². The number of ether oxygens (including phenoxy) is 1. The molecular weight excluding hydrogens is 388 g/mol. The normalized spacial score (nSPS) is 14.6. The lowest BCUT2D eigenvalue weighted by Crippen LogP contribution is -2.22. The van der Waals surface area contributed by atoms with E-state index >= 15 is 0 Å². The average Bonchev–Trinajstić information content (AvgIpc) is 2.72. The Hall–Kier alpha value is -3.18. The van der Waals surface area contributed by atoms with Gasteiger partial charge in [0.05, 0.1) is 16.8 Å². The van der Waals surface area contributed by atoms with Crippen molar-refractivity contribution in [2.75, 3.05) is 6.61 Å². The molecule has 1 heterocycles. The summed E-state index contributed by atoms with van der Waals surface area (Å²) < 4.78 is 5.15. The van der Waals surface area contributed by atoms with Crippen molar-refractivity contribution in [3.8, 4) is 0 Å². The van der Waals surface area contributed by atoms with Crippen LogP contribution in [-0.4, -0.2) is 23.5 Å². The summed E-state index contributed by atoms with van der Waals surface area (Å²) in [6, 6.07) is 15.0. The summed E-state index contributed by atoms with van der Waals surface area (Å²) in [5, 5.41) is 1.37. The van der Waals surface area contributed by atoms with E-state index in [-0.39, 0.29) is 0 Å². The molecule has 1 aromatic heterocycles. The highest BCUT2D eigenvalue weighted by atomic mass is 35.5. The van der Waals surface area contributed by atoms with Crippen LogP contribution in [0, 0.1) is 0 Å². The highest BCUT2D eigenvalue weighted by Crippen LogP contribution is 2.37. The number of para-hydroxylation sites is 1. The molecule has 0 bridgehead atoms. The number of hydrogen-bond acceptors (Lipinski definition) is 4. The minimum atomic E-state index is -0.690. The van der Waals surface area contributed by atoms with Crippen molar-refractivity contribution in [2.45, 2.75) is 19.3 Å². The molecule has 0 saturated carbocycles. The number of halogens is 1. The van der Waals surface area contributed by atoms with Crippen molar-refractivity contribution in [3.05, 3.63) is 75.9 Å². The van der Waals surface area contributed by atoms with Gasteiger partial charge >= 0.3 is 5.97 Å². The van der Waals surface area contributed by atoms with Crippen LogP contribution in [0.15, 0.2) is 48.5 Å². The molecule has 5 nitrogen and oxygen atoms in total. The molecule has 0 atom stereocenters. The van der Waals surface area contributed by atoms with E-state index in [0.29, 0.717) is 27.9 Å². The number of carbonyl (C=O) groups excluding carboxylic acids is 2. The van der Waals surface area contributed by atoms with Gasteiger partial charge in [-0.15, -0.1) is 0 Å². The molecule has 2 N–H and O–H groups in total. The molecule has 2 aromatic carbocycles. The number of benzene rings is 2. The summed E-state index contributed by atoms with van der Waals surface area (Å²) in [7, 11) is 0. The molecule has 0 fully saturated rings. The molecule has 0 aliphatic heterocycles. The van der Waals surface area contributed by atoms with Crippen molar-refractivity contribution in [1.29, 1.82) is 0 Å². The molecule has 0 unspecified atom stereocenters. The molecule has 4 rings (SSSR count). The van der Waals surface area contributed by atoms with Crippen molar-refractivity contribution >= 4 is 46.0 Å². The lowest BCUT2D eigenvalue weighted by atomic mass is 9.86. The summed E-state index contributed by atoms with van der Waals surface area (Å²) in [4.78, 5) is 28.8. The minimum absolute atomic E-state index is 0.452. The largest absolute Gasteiger partial charge is 0.452 e. The second kappa shape index (κ2) is 8.05. The Morgan fingerprint density at radius 3 is 2.66 bits per heavy atom. The van der Waals surface area contributed by atoms with Gasteiger partial charge in [0, 0.05) is 10.4 Å². The van der Waals surface area contributed by atoms with Crippen molar-refractivity contribution in [3.63, 3.8) is 0 Å². The minimum Gasteiger partial charge on any atom is -0.452 e. The van der Waals surface area contributed by atoms with Gasteiger partial charge in [-0.25, -0.2) is 9.78 Å². The van der Waals surface area contributed by atoms with Gasteiger partial charge in [-0.1, -0.05) is 48.0 Å². The number of nitrogens with zero attached hydrogens (tertiary/aromatic N) is 1. The number of allylic oxidation sites excluding steroid dienone is 1. The zero-order valence-electron chi connectivity index (χ0n) is 15.7. The summed E-state index contributed by atoms with van der Waals surface area (Å²) in [6.07, 6.45) is 4.44. The third-order valence-electron chi connectivity index (χ3n) is 4.95. The topological polar surface area (TPSA) is 82.3 Å². The molecular formula is C23H19ClN2O3. The van der Waals surface area contributed by atoms with Gasteiger partial charge in [0.15, 0.2) is 6.61 Å². The first kappa shape index (κ1) is 19.2. The summed E-state index contributed by atoms with van der Waals surface area (Å²) in [5.41, 5.74) is 9.84. The van der Waals surface area contributed by atoms with Crippen LogP contribution in [0.4, 0.5) is 0 Å². The van der Waals surface area contributed by atoms with Crippen LogP contribution in [0.1, 0.15) is 40.0 Å². The lowest BCUT2D eigenvalue weighted by molar-refractivity contribution is -0.121. The number of carbonyl (C=O) groups is 2. The van der Waals surface area contributed by atoms with Crippen molar-refractivity contribution in [1.82, 2.24) is 4.98 Å². The second-order valence-electron chi connectivity index (χ2n) is 6.92. The fraction of sp³-hybridized carbons (Fsp3) is 0.174. The van der Waals surface area contributed by atoms with Crippen LogP contribution in [0.5, 0.6) is 0 Å². The van der Waals surface area contributed by atoms with E-state index in [1.807, 2.05) is 54.6 Å². The molecule has 1 amide bonds. The van der Waals surface area contributed by atoms with Crippen LogP contribution in [0.2, 0.25) is 5.02 Å². The lowest BCUT2D eigenvalue weighted by Gasteiger charge is -2.22. The third kappa shape index (κ3) is 3.87. The molecule has 6 heteroatoms. The predicted octanol–water partition coefficient (Wildman–Crippen LogP) is 4.41. The van der Waals surface area contributed by atoms with Gasteiger partial charge < -0.3 is 10.5 Å². The Kier molecular flexibility index (Phi) is 5.32. The van der Waals surface area contributed by atoms with Gasteiger partial charge in [0.25, 0.3) is 5.91 Å². The number of esters is 1. The van der Waals surface area contributed by atoms with Crippen LogP contribution in [-0.2, 0) is 16.0 Å². The van der Waals surface area contributed by atoms with Crippen LogP contribution in [0.25, 0.3) is 22.6 Å². The fourth-order valence-electron chi connectivity index (χ4n) is 3.70. The third-order valence-corrected chi connectivity index (χ3v) is 5.30. The molecule has 0 radical (unpaired) electrons. The van der Waals surface area contributed by atoms with E-state index < -0.39 is 18.5 Å². The smallest absolute Gasteiger partial charge is 0.339 e. The van der Waals surface area contributed by atoms with E-state index in [1.165, 1.54) is 0 Å². The highest BCUT2D eigenvalue weighted by Gasteiger charge is 2.26. The Morgan fingerprint density at radius 2 is 1.86 bits per heavy atom. The fourth-order valence-corrected chi connectivity index (χ4v) is 3.89. The van der Waals surface area contributed by atoms with E-state index in [4.69, 9.17) is 27.1 Å². The molecule has 146 valence electrons. The molecule has 0 spiro atoms. The Labute approximate surface area is 173 Å². The molecule has 1 aliphatic rings. The number of primary amides is 1. The van der Waals surface area contributed by atoms with Crippen molar-refractivity contribution < 1.29 is 14.3 Å². The molecule has 29 heavy (non-hydrogen) atoms. The maximum atomic E-state index is 12.9. The maximum Gasteiger partial charge on any atom is 0.339 e. The Balaban J connectivity index is 1.90. The SMILES string of the molecule is NC(=O)COC(=O)c1c2c(nc3ccccc13)/C(=C\c1ccccc1Cl)CCC2. The molecule has 0 saturated heterocycles. The maximum absolute atomic E-state index is 12.9. The van der Waals surface area contributed by atoms with Gasteiger partial charge in [-0.05, 0) is 54.2 Å². The van der Waals surface area contributed by atoms with E-state index in [1.54, 1.807) is 0 Å². The Morgan fingerprint density at radius 1 is 1.10 bits per heavy atom. The Bertz CT molecular complexity index is 1150. The van der Waals surface area contributed by atoms with Gasteiger partial charge in [0.2, 0.25) is 0 Å². The standard InChI is InChI=1S/C23H19ClN2O3/c24-18-10-3-1-6-14(18)12-15-7-5-9-17-21(23(28)29-13-20(25)27)16-8-2-4-11-19(16)26-22(15)17/h1-4,6,8,10-12H,5,7,9,13H2,(H2,25,27)/b15-12-. The van der Waals surface area contributed by atoms with E-state index in [9.17, 15) is 9.59 Å². The number of aromatic nitrogens is 1. The number of rotatable bonds is 4. The summed E-state index contributed by atoms with van der Waals surface area (Å²) in [5.74, 6) is -1.25. The monoisotopic (exact) mass is 406 g/mol. The average molecular weight is 407 g/mol. The van der Waals surface area contributed by atoms with Gasteiger partial charge in [-0.3, -0.25) is 4.79 Å². The number of amides is 1. The van der Waals surface area contributed by atoms with Gasteiger partial charge in [-0.2, -0.15) is 0 Å². The number of fused-ring (bicyclic) bond motifs is 2. The summed E-state index contributed by atoms with van der Waals surface area (Å²) in [6.45, 7) is -0.452. The number of pyridine rings is 1. The van der Waals surface area contributed by atoms with Crippen molar-refractivity contribution in [2.24, 2.45) is 5.73 Å². The second-order valence-corrected chi connectivity index (χ2v) is 7.33. The zero-order chi connectivity index (χ0) is 20.4. The number of nitrogens with two attached hydrogens (primary N) is 1. The van der Waals surface area contributed by atoms with Crippen LogP contribution >= 0.6 is 11.6 Å². The first-order valence-electron chi connectivity index (χ1n) is 9.37. The zero-order valence-corrected chi connectivity index (χ0v) is 16.4. The first-order valence-corrected chi connectivity index (χ1v) is 9.75.